The SMILES string of the molecule is CCOC.Nc1nc(-c2ccc(CN3CCCCC3)cc2)c2cc(C=O)sc2n1. The Morgan fingerprint density at radius 2 is 1.86 bits per heavy atom. The van der Waals surface area contributed by atoms with Gasteiger partial charge in [0.05, 0.1) is 10.6 Å². The van der Waals surface area contributed by atoms with Gasteiger partial charge in [-0.15, -0.1) is 11.3 Å². The lowest BCUT2D eigenvalue weighted by molar-refractivity contribution is 0.112. The number of hydrogen-bond donors (Lipinski definition) is 1. The Morgan fingerprint density at radius 3 is 2.48 bits per heavy atom. The first-order chi connectivity index (χ1) is 14.1. The van der Waals surface area contributed by atoms with Gasteiger partial charge in [-0.1, -0.05) is 30.7 Å². The molecule has 0 spiro atoms. The lowest BCUT2D eigenvalue weighted by Crippen LogP contribution is -2.28. The number of likely N-dealkylation sites (tertiary alicyclic amines) is 1. The number of aldehydes is 1. The molecule has 29 heavy (non-hydrogen) atoms. The number of nitrogen functional groups attached to an aromatic ring is 1. The van der Waals surface area contributed by atoms with Crippen LogP contribution < -0.4 is 5.73 Å². The van der Waals surface area contributed by atoms with Gasteiger partial charge < -0.3 is 10.5 Å². The first-order valence-electron chi connectivity index (χ1n) is 9.97. The van der Waals surface area contributed by atoms with Crippen LogP contribution in [0.3, 0.4) is 0 Å². The van der Waals surface area contributed by atoms with E-state index in [0.29, 0.717) is 4.88 Å². The molecule has 3 aromatic rings. The highest BCUT2D eigenvalue weighted by molar-refractivity contribution is 7.20. The number of piperidine rings is 1. The first kappa shape index (κ1) is 21.4. The second-order valence-electron chi connectivity index (χ2n) is 7.03. The molecule has 1 fully saturated rings. The summed E-state index contributed by atoms with van der Waals surface area (Å²) in [6.45, 7) is 6.15. The summed E-state index contributed by atoms with van der Waals surface area (Å²) in [6, 6.07) is 10.3. The lowest BCUT2D eigenvalue weighted by atomic mass is 10.1. The van der Waals surface area contributed by atoms with Gasteiger partial charge in [0.1, 0.15) is 4.83 Å². The molecule has 1 aromatic carbocycles. The Balaban J connectivity index is 0.000000552. The summed E-state index contributed by atoms with van der Waals surface area (Å²) in [5.74, 6) is 0.235. The highest BCUT2D eigenvalue weighted by Gasteiger charge is 2.13. The van der Waals surface area contributed by atoms with Crippen LogP contribution in [0.2, 0.25) is 0 Å². The van der Waals surface area contributed by atoms with Gasteiger partial charge in [0.25, 0.3) is 0 Å². The van der Waals surface area contributed by atoms with Crippen molar-refractivity contribution in [3.63, 3.8) is 0 Å². The maximum absolute atomic E-state index is 11.1. The van der Waals surface area contributed by atoms with Gasteiger partial charge in [0.15, 0.2) is 6.29 Å². The molecular weight excluding hydrogens is 384 g/mol. The molecule has 3 heterocycles. The minimum Gasteiger partial charge on any atom is -0.385 e. The number of ether oxygens (including phenoxy) is 1. The zero-order valence-electron chi connectivity index (χ0n) is 17.1. The zero-order valence-corrected chi connectivity index (χ0v) is 17.9. The lowest BCUT2D eigenvalue weighted by Gasteiger charge is -2.26. The molecule has 0 bridgehead atoms. The molecule has 0 radical (unpaired) electrons. The van der Waals surface area contributed by atoms with Gasteiger partial charge in [-0.05, 0) is 44.5 Å². The topological polar surface area (TPSA) is 81.3 Å². The van der Waals surface area contributed by atoms with E-state index in [-0.39, 0.29) is 5.95 Å². The third-order valence-corrected chi connectivity index (χ3v) is 5.87. The van der Waals surface area contributed by atoms with E-state index in [4.69, 9.17) is 5.73 Å². The van der Waals surface area contributed by atoms with Crippen molar-refractivity contribution in [2.24, 2.45) is 0 Å². The van der Waals surface area contributed by atoms with E-state index in [2.05, 4.69) is 43.9 Å². The van der Waals surface area contributed by atoms with Crippen molar-refractivity contribution in [2.75, 3.05) is 32.5 Å². The number of carbonyl (C=O) groups excluding carboxylic acids is 1. The second-order valence-corrected chi connectivity index (χ2v) is 8.09. The van der Waals surface area contributed by atoms with Gasteiger partial charge in [0, 0.05) is 31.2 Å². The minimum absolute atomic E-state index is 0.235. The van der Waals surface area contributed by atoms with Crippen molar-refractivity contribution in [3.05, 3.63) is 40.8 Å². The predicted octanol–water partition coefficient (Wildman–Crippen LogP) is 4.39. The van der Waals surface area contributed by atoms with Crippen LogP contribution in [0.5, 0.6) is 0 Å². The number of fused-ring (bicyclic) bond motifs is 1. The summed E-state index contributed by atoms with van der Waals surface area (Å²) in [4.78, 5) is 23.6. The van der Waals surface area contributed by atoms with Crippen molar-refractivity contribution < 1.29 is 9.53 Å². The van der Waals surface area contributed by atoms with Crippen molar-refractivity contribution in [2.45, 2.75) is 32.7 Å². The van der Waals surface area contributed by atoms with E-state index in [1.54, 1.807) is 7.11 Å². The summed E-state index contributed by atoms with van der Waals surface area (Å²) in [5.41, 5.74) is 8.95. The Kier molecular flexibility index (Phi) is 7.69. The Hall–Kier alpha value is -2.35. The van der Waals surface area contributed by atoms with Gasteiger partial charge in [-0.2, -0.15) is 0 Å². The molecule has 0 atom stereocenters. The second kappa shape index (κ2) is 10.4. The molecule has 2 N–H and O–H groups in total. The van der Waals surface area contributed by atoms with Crippen LogP contribution in [0.25, 0.3) is 21.5 Å². The van der Waals surface area contributed by atoms with Crippen LogP contribution in [0.15, 0.2) is 30.3 Å². The zero-order chi connectivity index (χ0) is 20.6. The predicted molar refractivity (Wildman–Crippen MR) is 119 cm³/mol. The molecule has 4 rings (SSSR count). The molecule has 6 nitrogen and oxygen atoms in total. The van der Waals surface area contributed by atoms with Gasteiger partial charge in [-0.25, -0.2) is 9.97 Å². The van der Waals surface area contributed by atoms with Gasteiger partial charge in [0.2, 0.25) is 5.95 Å². The third-order valence-electron chi connectivity index (χ3n) is 4.92. The Morgan fingerprint density at radius 1 is 1.17 bits per heavy atom. The van der Waals surface area contributed by atoms with E-state index >= 15 is 0 Å². The molecule has 0 saturated carbocycles. The number of hydrogen-bond acceptors (Lipinski definition) is 7. The van der Waals surface area contributed by atoms with Crippen LogP contribution >= 0.6 is 11.3 Å². The van der Waals surface area contributed by atoms with Crippen molar-refractivity contribution >= 4 is 33.8 Å². The average Bonchev–Trinajstić information content (AvgIpc) is 3.18. The van der Waals surface area contributed by atoms with Crippen molar-refractivity contribution in [3.8, 4) is 11.3 Å². The van der Waals surface area contributed by atoms with Crippen LogP contribution in [0.4, 0.5) is 5.95 Å². The number of nitrogens with zero attached hydrogens (tertiary/aromatic N) is 3. The average molecular weight is 413 g/mol. The number of nitrogens with two attached hydrogens (primary N) is 1. The largest absolute Gasteiger partial charge is 0.385 e. The molecule has 2 aromatic heterocycles. The number of aromatic nitrogens is 2. The number of rotatable bonds is 5. The van der Waals surface area contributed by atoms with Crippen molar-refractivity contribution in [1.82, 2.24) is 14.9 Å². The van der Waals surface area contributed by atoms with E-state index < -0.39 is 0 Å². The number of benzene rings is 1. The Labute approximate surface area is 175 Å². The number of carbonyl (C=O) groups is 1. The summed E-state index contributed by atoms with van der Waals surface area (Å²) < 4.78 is 4.54. The van der Waals surface area contributed by atoms with Crippen LogP contribution in [-0.2, 0) is 11.3 Å². The minimum atomic E-state index is 0.235. The molecule has 1 aliphatic heterocycles. The molecular formula is C22H28N4O2S. The van der Waals surface area contributed by atoms with Crippen LogP contribution in [0, 0.1) is 0 Å². The maximum atomic E-state index is 11.1. The quantitative estimate of drug-likeness (QED) is 0.626. The van der Waals surface area contributed by atoms with E-state index in [0.717, 1.165) is 40.9 Å². The fraction of sp³-hybridized carbons (Fsp3) is 0.409. The maximum Gasteiger partial charge on any atom is 0.221 e. The fourth-order valence-corrected chi connectivity index (χ4v) is 4.23. The third kappa shape index (κ3) is 5.59. The summed E-state index contributed by atoms with van der Waals surface area (Å²) in [7, 11) is 1.68. The molecule has 1 saturated heterocycles. The van der Waals surface area contributed by atoms with Gasteiger partial charge in [-0.3, -0.25) is 9.69 Å². The number of thiophene rings is 1. The Bertz CT molecular complexity index is 932. The molecule has 1 aliphatic rings. The van der Waals surface area contributed by atoms with Gasteiger partial charge >= 0.3 is 0 Å². The van der Waals surface area contributed by atoms with Crippen LogP contribution in [0.1, 0.15) is 41.4 Å². The van der Waals surface area contributed by atoms with E-state index in [1.807, 2.05) is 13.0 Å². The molecule has 7 heteroatoms. The van der Waals surface area contributed by atoms with Crippen LogP contribution in [-0.4, -0.2) is 48.0 Å². The first-order valence-corrected chi connectivity index (χ1v) is 10.8. The summed E-state index contributed by atoms with van der Waals surface area (Å²) >= 11 is 1.34. The molecule has 0 unspecified atom stereocenters. The summed E-state index contributed by atoms with van der Waals surface area (Å²) in [6.07, 6.45) is 4.79. The fourth-order valence-electron chi connectivity index (χ4n) is 3.38. The van der Waals surface area contributed by atoms with E-state index in [9.17, 15) is 4.79 Å². The van der Waals surface area contributed by atoms with E-state index in [1.165, 1.54) is 49.3 Å². The highest BCUT2D eigenvalue weighted by Crippen LogP contribution is 2.32. The number of methoxy groups -OCH3 is 1. The normalized spacial score (nSPS) is 14.4. The number of anilines is 1. The molecule has 0 amide bonds. The summed E-state index contributed by atoms with van der Waals surface area (Å²) in [5, 5.41) is 0.880. The smallest absolute Gasteiger partial charge is 0.221 e. The standard InChI is InChI=1S/C19H20N4OS.C3H8O/c20-19-21-17(16-10-15(12-24)25-18(16)22-19)14-6-4-13(5-7-14)11-23-8-2-1-3-9-23;1-3-4-2/h4-7,10,12H,1-3,8-9,11H2,(H2,20,21,22);3H2,1-2H3. The molecule has 154 valence electrons. The molecule has 0 aliphatic carbocycles. The van der Waals surface area contributed by atoms with Crippen molar-refractivity contribution in [1.29, 1.82) is 0 Å². The monoisotopic (exact) mass is 412 g/mol. The highest BCUT2D eigenvalue weighted by atomic mass is 32.1.